The number of nitrogens with zero attached hydrogens (tertiary/aromatic N) is 3. The van der Waals surface area contributed by atoms with Gasteiger partial charge in [-0.1, -0.05) is 36.4 Å². The standard InChI is InChI=1S/C31H36N4O/c1-4-35(5-2)25-18-15-23(16-19-25)29(34-28-12-8-9-21-32-28)27-20-17-24-14-13-22(3)33-30(24)31(27)36-26-10-6-7-11-26/h8-9,12-21,26,29H,4-7,10-11H2,1-3H3,(H,32,34). The molecule has 5 rings (SSSR count). The lowest BCUT2D eigenvalue weighted by Gasteiger charge is -2.26. The molecule has 1 aliphatic rings. The Balaban J connectivity index is 1.63. The number of aromatic nitrogens is 2. The lowest BCUT2D eigenvalue weighted by atomic mass is 9.95. The van der Waals surface area contributed by atoms with Gasteiger partial charge in [-0.05, 0) is 82.3 Å². The van der Waals surface area contributed by atoms with Gasteiger partial charge in [-0.2, -0.15) is 0 Å². The fourth-order valence-electron chi connectivity index (χ4n) is 5.20. The Morgan fingerprint density at radius 2 is 1.69 bits per heavy atom. The number of rotatable bonds is 9. The van der Waals surface area contributed by atoms with Crippen molar-refractivity contribution in [1.29, 1.82) is 0 Å². The van der Waals surface area contributed by atoms with Crippen LogP contribution in [-0.4, -0.2) is 29.2 Å². The van der Waals surface area contributed by atoms with Crippen LogP contribution in [0.3, 0.4) is 0 Å². The fraction of sp³-hybridized carbons (Fsp3) is 0.355. The summed E-state index contributed by atoms with van der Waals surface area (Å²) in [6.45, 7) is 8.40. The molecule has 1 N–H and O–H groups in total. The number of fused-ring (bicyclic) bond motifs is 1. The maximum Gasteiger partial charge on any atom is 0.151 e. The van der Waals surface area contributed by atoms with Crippen molar-refractivity contribution >= 4 is 22.4 Å². The van der Waals surface area contributed by atoms with Crippen LogP contribution in [0.5, 0.6) is 5.75 Å². The number of ether oxygens (including phenoxy) is 1. The number of hydrogen-bond acceptors (Lipinski definition) is 5. The predicted octanol–water partition coefficient (Wildman–Crippen LogP) is 7.31. The minimum absolute atomic E-state index is 0.131. The Hall–Kier alpha value is -3.60. The predicted molar refractivity (Wildman–Crippen MR) is 149 cm³/mol. The van der Waals surface area contributed by atoms with E-state index in [0.29, 0.717) is 0 Å². The number of hydrogen-bond donors (Lipinski definition) is 1. The molecule has 2 aromatic heterocycles. The molecule has 1 saturated carbocycles. The minimum atomic E-state index is -0.131. The Kier molecular flexibility index (Phi) is 7.36. The van der Waals surface area contributed by atoms with Crippen LogP contribution >= 0.6 is 0 Å². The van der Waals surface area contributed by atoms with Crippen molar-refractivity contribution < 1.29 is 4.74 Å². The minimum Gasteiger partial charge on any atom is -0.488 e. The van der Waals surface area contributed by atoms with Gasteiger partial charge in [-0.3, -0.25) is 0 Å². The fourth-order valence-corrected chi connectivity index (χ4v) is 5.20. The van der Waals surface area contributed by atoms with Gasteiger partial charge in [-0.25, -0.2) is 9.97 Å². The van der Waals surface area contributed by atoms with E-state index in [4.69, 9.17) is 9.72 Å². The van der Waals surface area contributed by atoms with Crippen molar-refractivity contribution in [3.63, 3.8) is 0 Å². The third kappa shape index (κ3) is 5.15. The summed E-state index contributed by atoms with van der Waals surface area (Å²) in [6, 6.07) is 23.3. The molecule has 0 spiro atoms. The summed E-state index contributed by atoms with van der Waals surface area (Å²) in [4.78, 5) is 11.9. The molecule has 1 aliphatic carbocycles. The van der Waals surface area contributed by atoms with E-state index in [0.717, 1.165) is 59.7 Å². The molecule has 0 bridgehead atoms. The number of benzene rings is 2. The van der Waals surface area contributed by atoms with Crippen molar-refractivity contribution in [3.05, 3.63) is 89.7 Å². The maximum atomic E-state index is 6.78. The van der Waals surface area contributed by atoms with Gasteiger partial charge in [-0.15, -0.1) is 0 Å². The summed E-state index contributed by atoms with van der Waals surface area (Å²) < 4.78 is 6.78. The van der Waals surface area contributed by atoms with Gasteiger partial charge in [0.1, 0.15) is 11.3 Å². The van der Waals surface area contributed by atoms with Crippen molar-refractivity contribution in [2.24, 2.45) is 0 Å². The second-order valence-corrected chi connectivity index (χ2v) is 9.59. The first kappa shape index (κ1) is 24.1. The van der Waals surface area contributed by atoms with Gasteiger partial charge < -0.3 is 15.0 Å². The second-order valence-electron chi connectivity index (χ2n) is 9.59. The topological polar surface area (TPSA) is 50.3 Å². The molecular formula is C31H36N4O. The Morgan fingerprint density at radius 3 is 2.39 bits per heavy atom. The van der Waals surface area contributed by atoms with Crippen LogP contribution in [-0.2, 0) is 0 Å². The molecule has 0 amide bonds. The molecule has 0 radical (unpaired) electrons. The molecule has 0 saturated heterocycles. The first-order chi connectivity index (χ1) is 17.7. The number of aryl methyl sites for hydroxylation is 1. The van der Waals surface area contributed by atoms with Gasteiger partial charge in [0.25, 0.3) is 0 Å². The zero-order chi connectivity index (χ0) is 24.9. The Morgan fingerprint density at radius 1 is 0.944 bits per heavy atom. The first-order valence-corrected chi connectivity index (χ1v) is 13.3. The Labute approximate surface area is 214 Å². The van der Waals surface area contributed by atoms with Crippen LogP contribution in [0.2, 0.25) is 0 Å². The molecule has 5 heteroatoms. The summed E-state index contributed by atoms with van der Waals surface area (Å²) in [5, 5.41) is 4.80. The quantitative estimate of drug-likeness (QED) is 0.272. The third-order valence-electron chi connectivity index (χ3n) is 7.20. The molecule has 186 valence electrons. The number of pyridine rings is 2. The molecule has 1 fully saturated rings. The molecular weight excluding hydrogens is 444 g/mol. The average Bonchev–Trinajstić information content (AvgIpc) is 3.43. The molecule has 2 heterocycles. The summed E-state index contributed by atoms with van der Waals surface area (Å²) in [6.07, 6.45) is 6.69. The summed E-state index contributed by atoms with van der Waals surface area (Å²) >= 11 is 0. The van der Waals surface area contributed by atoms with Crippen molar-refractivity contribution in [1.82, 2.24) is 9.97 Å². The maximum absolute atomic E-state index is 6.78. The monoisotopic (exact) mass is 480 g/mol. The largest absolute Gasteiger partial charge is 0.488 e. The zero-order valence-electron chi connectivity index (χ0n) is 21.6. The molecule has 1 atom stereocenters. The highest BCUT2D eigenvalue weighted by molar-refractivity contribution is 5.86. The molecule has 0 aliphatic heterocycles. The van der Waals surface area contributed by atoms with Crippen LogP contribution in [0.15, 0.2) is 72.9 Å². The third-order valence-corrected chi connectivity index (χ3v) is 7.20. The van der Waals surface area contributed by atoms with E-state index < -0.39 is 0 Å². The first-order valence-electron chi connectivity index (χ1n) is 13.3. The molecule has 1 unspecified atom stereocenters. The van der Waals surface area contributed by atoms with Crippen molar-refractivity contribution in [2.45, 2.75) is 58.6 Å². The van der Waals surface area contributed by atoms with E-state index in [2.05, 4.69) is 77.6 Å². The van der Waals surface area contributed by atoms with Crippen molar-refractivity contribution in [3.8, 4) is 5.75 Å². The lowest BCUT2D eigenvalue weighted by Crippen LogP contribution is -2.22. The van der Waals surface area contributed by atoms with Crippen LogP contribution in [0.4, 0.5) is 11.5 Å². The van der Waals surface area contributed by atoms with Gasteiger partial charge >= 0.3 is 0 Å². The average molecular weight is 481 g/mol. The van der Waals surface area contributed by atoms with Gasteiger partial charge in [0.05, 0.1) is 12.1 Å². The summed E-state index contributed by atoms with van der Waals surface area (Å²) in [7, 11) is 0. The van der Waals surface area contributed by atoms with E-state index in [1.807, 2.05) is 31.3 Å². The van der Waals surface area contributed by atoms with Crippen molar-refractivity contribution in [2.75, 3.05) is 23.3 Å². The number of nitrogens with one attached hydrogen (secondary N) is 1. The molecule has 5 nitrogen and oxygen atoms in total. The van der Waals surface area contributed by atoms with Crippen LogP contribution in [0.1, 0.15) is 62.4 Å². The van der Waals surface area contributed by atoms with Crippen LogP contribution in [0.25, 0.3) is 10.9 Å². The number of anilines is 2. The summed E-state index contributed by atoms with van der Waals surface area (Å²) in [5.74, 6) is 1.73. The highest BCUT2D eigenvalue weighted by Gasteiger charge is 2.25. The normalized spacial score (nSPS) is 14.6. The van der Waals surface area contributed by atoms with E-state index in [-0.39, 0.29) is 12.1 Å². The smallest absolute Gasteiger partial charge is 0.151 e. The van der Waals surface area contributed by atoms with E-state index in [1.54, 1.807) is 0 Å². The van der Waals surface area contributed by atoms with Crippen LogP contribution in [0, 0.1) is 6.92 Å². The molecule has 4 aromatic rings. The zero-order valence-corrected chi connectivity index (χ0v) is 21.6. The molecule has 36 heavy (non-hydrogen) atoms. The SMILES string of the molecule is CCN(CC)c1ccc(C(Nc2ccccn2)c2ccc3ccc(C)nc3c2OC2CCCC2)cc1. The van der Waals surface area contributed by atoms with Crippen LogP contribution < -0.4 is 15.0 Å². The second kappa shape index (κ2) is 11.0. The molecule has 2 aromatic carbocycles. The summed E-state index contributed by atoms with van der Waals surface area (Å²) in [5.41, 5.74) is 5.42. The Bertz CT molecular complexity index is 1280. The van der Waals surface area contributed by atoms with Gasteiger partial charge in [0, 0.05) is 41.6 Å². The highest BCUT2D eigenvalue weighted by atomic mass is 16.5. The highest BCUT2D eigenvalue weighted by Crippen LogP contribution is 2.39. The van der Waals surface area contributed by atoms with E-state index >= 15 is 0 Å². The van der Waals surface area contributed by atoms with E-state index in [1.165, 1.54) is 24.1 Å². The van der Waals surface area contributed by atoms with Gasteiger partial charge in [0.15, 0.2) is 5.75 Å². The lowest BCUT2D eigenvalue weighted by molar-refractivity contribution is 0.210. The van der Waals surface area contributed by atoms with Gasteiger partial charge in [0.2, 0.25) is 0 Å². The van der Waals surface area contributed by atoms with E-state index in [9.17, 15) is 0 Å².